The molecular weight excluding hydrogens is 264 g/mol. The van der Waals surface area contributed by atoms with Gasteiger partial charge in [0.2, 0.25) is 0 Å². The molecule has 3 rings (SSSR count). The van der Waals surface area contributed by atoms with Crippen LogP contribution in [0.2, 0.25) is 0 Å². The molecule has 2 atom stereocenters. The lowest BCUT2D eigenvalue weighted by atomic mass is 10.1. The fourth-order valence-corrected chi connectivity index (χ4v) is 3.48. The zero-order chi connectivity index (χ0) is 14.7. The van der Waals surface area contributed by atoms with Crippen LogP contribution in [-0.4, -0.2) is 29.7 Å². The number of benzene rings is 1. The summed E-state index contributed by atoms with van der Waals surface area (Å²) < 4.78 is 0. The molecule has 1 saturated carbocycles. The van der Waals surface area contributed by atoms with Crippen LogP contribution in [0.4, 0.5) is 0 Å². The van der Waals surface area contributed by atoms with Crippen molar-refractivity contribution in [2.75, 3.05) is 6.54 Å². The summed E-state index contributed by atoms with van der Waals surface area (Å²) in [6.07, 6.45) is 5.77. The lowest BCUT2D eigenvalue weighted by Crippen LogP contribution is -2.44. The SMILES string of the molecule is O=C(NC1CCc2ccccc21)C(O)CNC1CCCC1. The zero-order valence-electron chi connectivity index (χ0n) is 12.3. The molecule has 0 radical (unpaired) electrons. The van der Waals surface area contributed by atoms with E-state index in [4.69, 9.17) is 0 Å². The second kappa shape index (κ2) is 6.58. The van der Waals surface area contributed by atoms with Gasteiger partial charge >= 0.3 is 0 Å². The molecule has 4 heteroatoms. The Bertz CT molecular complexity index is 497. The van der Waals surface area contributed by atoms with Crippen molar-refractivity contribution in [3.8, 4) is 0 Å². The molecule has 0 aliphatic heterocycles. The van der Waals surface area contributed by atoms with E-state index in [0.717, 1.165) is 25.7 Å². The Labute approximate surface area is 125 Å². The monoisotopic (exact) mass is 288 g/mol. The van der Waals surface area contributed by atoms with Gasteiger partial charge in [-0.1, -0.05) is 37.1 Å². The van der Waals surface area contributed by atoms with Crippen molar-refractivity contribution in [1.82, 2.24) is 10.6 Å². The highest BCUT2D eigenvalue weighted by atomic mass is 16.3. The molecule has 21 heavy (non-hydrogen) atoms. The van der Waals surface area contributed by atoms with Crippen LogP contribution in [0.15, 0.2) is 24.3 Å². The average molecular weight is 288 g/mol. The molecule has 0 bridgehead atoms. The molecule has 0 spiro atoms. The molecule has 2 unspecified atom stereocenters. The largest absolute Gasteiger partial charge is 0.382 e. The molecule has 1 aromatic rings. The summed E-state index contributed by atoms with van der Waals surface area (Å²) in [6.45, 7) is 0.352. The smallest absolute Gasteiger partial charge is 0.250 e. The average Bonchev–Trinajstić information content (AvgIpc) is 3.15. The van der Waals surface area contributed by atoms with Crippen LogP contribution in [0.3, 0.4) is 0 Å². The summed E-state index contributed by atoms with van der Waals surface area (Å²) in [4.78, 5) is 12.1. The molecule has 3 N–H and O–H groups in total. The summed E-state index contributed by atoms with van der Waals surface area (Å²) in [5.74, 6) is -0.262. The predicted molar refractivity (Wildman–Crippen MR) is 81.9 cm³/mol. The highest BCUT2D eigenvalue weighted by Gasteiger charge is 2.26. The molecule has 2 aliphatic carbocycles. The first kappa shape index (κ1) is 14.5. The van der Waals surface area contributed by atoms with Crippen molar-refractivity contribution in [3.63, 3.8) is 0 Å². The van der Waals surface area contributed by atoms with E-state index in [1.807, 2.05) is 12.1 Å². The maximum absolute atomic E-state index is 12.1. The first-order chi connectivity index (χ1) is 10.2. The van der Waals surface area contributed by atoms with Gasteiger partial charge in [-0.25, -0.2) is 0 Å². The third-order valence-corrected chi connectivity index (χ3v) is 4.71. The normalized spacial score (nSPS) is 23.0. The number of aliphatic hydroxyl groups is 1. The first-order valence-electron chi connectivity index (χ1n) is 8.03. The minimum Gasteiger partial charge on any atom is -0.382 e. The Morgan fingerprint density at radius 1 is 1.24 bits per heavy atom. The third-order valence-electron chi connectivity index (χ3n) is 4.71. The van der Waals surface area contributed by atoms with Crippen molar-refractivity contribution in [2.45, 2.75) is 56.7 Å². The number of nitrogens with one attached hydrogen (secondary N) is 2. The first-order valence-corrected chi connectivity index (χ1v) is 8.03. The Morgan fingerprint density at radius 2 is 2.00 bits per heavy atom. The molecule has 114 valence electrons. The molecule has 0 aromatic heterocycles. The van der Waals surface area contributed by atoms with Gasteiger partial charge in [0.15, 0.2) is 0 Å². The molecule has 0 saturated heterocycles. The van der Waals surface area contributed by atoms with E-state index >= 15 is 0 Å². The van der Waals surface area contributed by atoms with Gasteiger partial charge in [0.1, 0.15) is 6.10 Å². The van der Waals surface area contributed by atoms with E-state index in [0.29, 0.717) is 12.6 Å². The van der Waals surface area contributed by atoms with Crippen LogP contribution in [0.1, 0.15) is 49.3 Å². The molecule has 1 amide bonds. The van der Waals surface area contributed by atoms with E-state index in [-0.39, 0.29) is 11.9 Å². The third kappa shape index (κ3) is 3.44. The maximum Gasteiger partial charge on any atom is 0.250 e. The lowest BCUT2D eigenvalue weighted by Gasteiger charge is -2.19. The van der Waals surface area contributed by atoms with Gasteiger partial charge < -0.3 is 15.7 Å². The number of rotatable bonds is 5. The number of hydrogen-bond acceptors (Lipinski definition) is 3. The summed E-state index contributed by atoms with van der Waals surface area (Å²) in [5.41, 5.74) is 2.50. The van der Waals surface area contributed by atoms with Gasteiger partial charge in [-0.15, -0.1) is 0 Å². The Morgan fingerprint density at radius 3 is 2.81 bits per heavy atom. The van der Waals surface area contributed by atoms with Crippen LogP contribution >= 0.6 is 0 Å². The van der Waals surface area contributed by atoms with Gasteiger partial charge in [0.05, 0.1) is 6.04 Å². The number of carbonyl (C=O) groups is 1. The van der Waals surface area contributed by atoms with Gasteiger partial charge in [-0.2, -0.15) is 0 Å². The molecule has 4 nitrogen and oxygen atoms in total. The maximum atomic E-state index is 12.1. The summed E-state index contributed by atoms with van der Waals surface area (Å²) in [6, 6.07) is 8.73. The Kier molecular flexibility index (Phi) is 4.56. The predicted octanol–water partition coefficient (Wildman–Crippen LogP) is 1.68. The van der Waals surface area contributed by atoms with Crippen LogP contribution in [0.5, 0.6) is 0 Å². The van der Waals surface area contributed by atoms with Crippen LogP contribution in [0, 0.1) is 0 Å². The standard InChI is InChI=1S/C17H24N2O2/c20-16(11-18-13-6-2-3-7-13)17(21)19-15-10-9-12-5-1-4-8-14(12)15/h1,4-5,8,13,15-16,18,20H,2-3,6-7,9-11H2,(H,19,21). The van der Waals surface area contributed by atoms with Crippen molar-refractivity contribution >= 4 is 5.91 Å². The second-order valence-electron chi connectivity index (χ2n) is 6.20. The van der Waals surface area contributed by atoms with E-state index < -0.39 is 6.10 Å². The molecule has 1 fully saturated rings. The highest BCUT2D eigenvalue weighted by Crippen LogP contribution is 2.30. The van der Waals surface area contributed by atoms with Gasteiger partial charge in [0, 0.05) is 12.6 Å². The quantitative estimate of drug-likeness (QED) is 0.772. The van der Waals surface area contributed by atoms with Crippen LogP contribution in [-0.2, 0) is 11.2 Å². The number of amides is 1. The van der Waals surface area contributed by atoms with Crippen molar-refractivity contribution < 1.29 is 9.90 Å². The summed E-state index contributed by atoms with van der Waals surface area (Å²) >= 11 is 0. The number of aryl methyl sites for hydroxylation is 1. The Hall–Kier alpha value is -1.39. The topological polar surface area (TPSA) is 61.4 Å². The number of fused-ring (bicyclic) bond motifs is 1. The van der Waals surface area contributed by atoms with Gasteiger partial charge in [-0.05, 0) is 36.8 Å². The van der Waals surface area contributed by atoms with Gasteiger partial charge in [-0.3, -0.25) is 4.79 Å². The molecular formula is C17H24N2O2. The summed E-state index contributed by atoms with van der Waals surface area (Å²) in [5, 5.41) is 16.3. The molecule has 0 heterocycles. The van der Waals surface area contributed by atoms with Gasteiger partial charge in [0.25, 0.3) is 5.91 Å². The number of aliphatic hydroxyl groups excluding tert-OH is 1. The zero-order valence-corrected chi connectivity index (χ0v) is 12.3. The molecule has 1 aromatic carbocycles. The minimum absolute atomic E-state index is 0.0508. The lowest BCUT2D eigenvalue weighted by molar-refractivity contribution is -0.129. The van der Waals surface area contributed by atoms with E-state index in [1.165, 1.54) is 24.0 Å². The van der Waals surface area contributed by atoms with Crippen LogP contribution in [0.25, 0.3) is 0 Å². The fourth-order valence-electron chi connectivity index (χ4n) is 3.48. The number of carbonyl (C=O) groups excluding carboxylic acids is 1. The minimum atomic E-state index is -0.960. The van der Waals surface area contributed by atoms with E-state index in [2.05, 4.69) is 22.8 Å². The van der Waals surface area contributed by atoms with Crippen molar-refractivity contribution in [3.05, 3.63) is 35.4 Å². The second-order valence-corrected chi connectivity index (χ2v) is 6.20. The highest BCUT2D eigenvalue weighted by molar-refractivity contribution is 5.81. The molecule has 2 aliphatic rings. The van der Waals surface area contributed by atoms with E-state index in [9.17, 15) is 9.90 Å². The number of hydrogen-bond donors (Lipinski definition) is 3. The van der Waals surface area contributed by atoms with Crippen LogP contribution < -0.4 is 10.6 Å². The van der Waals surface area contributed by atoms with E-state index in [1.54, 1.807) is 0 Å². The fraction of sp³-hybridized carbons (Fsp3) is 0.588. The van der Waals surface area contributed by atoms with Crippen molar-refractivity contribution in [2.24, 2.45) is 0 Å². The summed E-state index contributed by atoms with van der Waals surface area (Å²) in [7, 11) is 0. The van der Waals surface area contributed by atoms with Crippen molar-refractivity contribution in [1.29, 1.82) is 0 Å². The Balaban J connectivity index is 1.49.